The number of pyridine rings is 1. The van der Waals surface area contributed by atoms with Crippen LogP contribution in [0, 0.1) is 17.2 Å². The van der Waals surface area contributed by atoms with Crippen molar-refractivity contribution in [3.05, 3.63) is 24.0 Å². The summed E-state index contributed by atoms with van der Waals surface area (Å²) in [5.41, 5.74) is 1.39. The third-order valence-corrected chi connectivity index (χ3v) is 3.64. The highest BCUT2D eigenvalue weighted by Gasteiger charge is 2.24. The second kappa shape index (κ2) is 6.36. The van der Waals surface area contributed by atoms with E-state index in [2.05, 4.69) is 10.3 Å². The van der Waals surface area contributed by atoms with E-state index in [0.29, 0.717) is 17.7 Å². The van der Waals surface area contributed by atoms with Gasteiger partial charge in [0.25, 0.3) is 0 Å². The van der Waals surface area contributed by atoms with Crippen LogP contribution in [0.2, 0.25) is 0 Å². The Labute approximate surface area is 108 Å². The molecule has 0 aliphatic heterocycles. The number of aliphatic hydroxyl groups is 1. The number of anilines is 1. The molecule has 0 saturated heterocycles. The Balaban J connectivity index is 2.03. The topological polar surface area (TPSA) is 68.9 Å². The minimum Gasteiger partial charge on any atom is -0.396 e. The lowest BCUT2D eigenvalue weighted by molar-refractivity contribution is 0.219. The maximum Gasteiger partial charge on any atom is 0.142 e. The molecule has 1 aromatic rings. The van der Waals surface area contributed by atoms with E-state index in [1.807, 2.05) is 12.1 Å². The fourth-order valence-electron chi connectivity index (χ4n) is 2.70. The maximum absolute atomic E-state index is 9.10. The van der Waals surface area contributed by atoms with Gasteiger partial charge >= 0.3 is 0 Å². The van der Waals surface area contributed by atoms with E-state index < -0.39 is 0 Å². The minimum atomic E-state index is 0.253. The molecule has 2 rings (SSSR count). The summed E-state index contributed by atoms with van der Waals surface area (Å²) in [6.45, 7) is 0.253. The fraction of sp³-hybridized carbons (Fsp3) is 0.571. The maximum atomic E-state index is 9.10. The van der Waals surface area contributed by atoms with Gasteiger partial charge in [-0.1, -0.05) is 12.8 Å². The van der Waals surface area contributed by atoms with E-state index in [-0.39, 0.29) is 6.61 Å². The third kappa shape index (κ3) is 3.21. The first kappa shape index (κ1) is 12.8. The Morgan fingerprint density at radius 1 is 1.44 bits per heavy atom. The predicted molar refractivity (Wildman–Crippen MR) is 70.0 cm³/mol. The Morgan fingerprint density at radius 2 is 2.28 bits per heavy atom. The van der Waals surface area contributed by atoms with Crippen LogP contribution >= 0.6 is 0 Å². The highest BCUT2D eigenvalue weighted by molar-refractivity contribution is 5.46. The Bertz CT molecular complexity index is 425. The summed E-state index contributed by atoms with van der Waals surface area (Å²) < 4.78 is 0. The van der Waals surface area contributed by atoms with Crippen LogP contribution in [0.25, 0.3) is 0 Å². The van der Waals surface area contributed by atoms with Crippen molar-refractivity contribution in [1.29, 1.82) is 5.26 Å². The highest BCUT2D eigenvalue weighted by Crippen LogP contribution is 2.29. The van der Waals surface area contributed by atoms with Gasteiger partial charge in [-0.2, -0.15) is 5.26 Å². The van der Waals surface area contributed by atoms with Gasteiger partial charge in [-0.3, -0.25) is 0 Å². The van der Waals surface area contributed by atoms with E-state index >= 15 is 0 Å². The van der Waals surface area contributed by atoms with Crippen LogP contribution in [0.3, 0.4) is 0 Å². The summed E-state index contributed by atoms with van der Waals surface area (Å²) in [4.78, 5) is 3.97. The average Bonchev–Trinajstić information content (AvgIpc) is 2.41. The van der Waals surface area contributed by atoms with Crippen LogP contribution in [-0.4, -0.2) is 22.7 Å². The number of nitrogens with one attached hydrogen (secondary N) is 1. The molecule has 1 aliphatic carbocycles. The van der Waals surface area contributed by atoms with Crippen LogP contribution in [0.15, 0.2) is 18.3 Å². The van der Waals surface area contributed by atoms with Gasteiger partial charge in [0, 0.05) is 24.5 Å². The number of hydrogen-bond acceptors (Lipinski definition) is 4. The zero-order valence-corrected chi connectivity index (χ0v) is 10.5. The first-order chi connectivity index (χ1) is 8.83. The Morgan fingerprint density at radius 3 is 3.06 bits per heavy atom. The molecule has 0 spiro atoms. The van der Waals surface area contributed by atoms with Gasteiger partial charge in [-0.05, 0) is 37.3 Å². The fourth-order valence-corrected chi connectivity index (χ4v) is 2.70. The van der Waals surface area contributed by atoms with E-state index in [1.54, 1.807) is 12.3 Å². The third-order valence-electron chi connectivity index (χ3n) is 3.64. The normalized spacial score (nSPS) is 23.3. The van der Waals surface area contributed by atoms with Crippen molar-refractivity contribution in [2.45, 2.75) is 38.1 Å². The lowest BCUT2D eigenvalue weighted by Gasteiger charge is -2.32. The number of aromatic nitrogens is 1. The van der Waals surface area contributed by atoms with Gasteiger partial charge in [0.15, 0.2) is 0 Å². The molecule has 1 saturated carbocycles. The lowest BCUT2D eigenvalue weighted by atomic mass is 9.82. The molecular formula is C14H19N3O. The van der Waals surface area contributed by atoms with Crippen LogP contribution < -0.4 is 5.32 Å². The smallest absolute Gasteiger partial charge is 0.142 e. The molecule has 1 fully saturated rings. The van der Waals surface area contributed by atoms with Gasteiger partial charge in [-0.15, -0.1) is 0 Å². The van der Waals surface area contributed by atoms with Gasteiger partial charge in [-0.25, -0.2) is 4.98 Å². The van der Waals surface area contributed by atoms with Crippen LogP contribution in [0.1, 0.15) is 37.8 Å². The molecule has 2 atom stereocenters. The molecular weight excluding hydrogens is 226 g/mol. The SMILES string of the molecule is N#Cc1cc(N[C@H]2CCCC[C@H]2CCO)ccn1. The van der Waals surface area contributed by atoms with Crippen molar-refractivity contribution in [3.63, 3.8) is 0 Å². The molecule has 1 aliphatic rings. The van der Waals surface area contributed by atoms with E-state index in [1.165, 1.54) is 19.3 Å². The summed E-state index contributed by atoms with van der Waals surface area (Å²) in [5, 5.41) is 21.4. The van der Waals surface area contributed by atoms with Crippen molar-refractivity contribution >= 4 is 5.69 Å². The number of hydrogen-bond donors (Lipinski definition) is 2. The molecule has 4 nitrogen and oxygen atoms in total. The standard InChI is InChI=1S/C14H19N3O/c15-10-13-9-12(5-7-16-13)17-14-4-2-1-3-11(14)6-8-18/h5,7,9,11,14,18H,1-4,6,8H2,(H,16,17)/t11-,14-/m0/s1. The molecule has 1 aromatic heterocycles. The van der Waals surface area contributed by atoms with Gasteiger partial charge in [0.1, 0.15) is 11.8 Å². The highest BCUT2D eigenvalue weighted by atomic mass is 16.3. The molecule has 0 unspecified atom stereocenters. The molecule has 2 N–H and O–H groups in total. The largest absolute Gasteiger partial charge is 0.396 e. The Kier molecular flexibility index (Phi) is 4.54. The molecule has 0 bridgehead atoms. The van der Waals surface area contributed by atoms with Gasteiger partial charge < -0.3 is 10.4 Å². The van der Waals surface area contributed by atoms with Crippen LogP contribution in [-0.2, 0) is 0 Å². The second-order valence-corrected chi connectivity index (χ2v) is 4.85. The molecule has 4 heteroatoms. The summed E-state index contributed by atoms with van der Waals surface area (Å²) in [5.74, 6) is 0.530. The van der Waals surface area contributed by atoms with E-state index in [0.717, 1.165) is 18.5 Å². The first-order valence-corrected chi connectivity index (χ1v) is 6.57. The quantitative estimate of drug-likeness (QED) is 0.854. The second-order valence-electron chi connectivity index (χ2n) is 4.85. The molecule has 0 amide bonds. The average molecular weight is 245 g/mol. The molecule has 18 heavy (non-hydrogen) atoms. The van der Waals surface area contributed by atoms with Crippen LogP contribution in [0.5, 0.6) is 0 Å². The number of nitriles is 1. The van der Waals surface area contributed by atoms with Crippen molar-refractivity contribution in [2.75, 3.05) is 11.9 Å². The van der Waals surface area contributed by atoms with Crippen molar-refractivity contribution < 1.29 is 5.11 Å². The van der Waals surface area contributed by atoms with Crippen molar-refractivity contribution in [3.8, 4) is 6.07 Å². The molecule has 96 valence electrons. The zero-order valence-electron chi connectivity index (χ0n) is 10.5. The zero-order chi connectivity index (χ0) is 12.8. The van der Waals surface area contributed by atoms with Crippen molar-refractivity contribution in [1.82, 2.24) is 4.98 Å². The monoisotopic (exact) mass is 245 g/mol. The summed E-state index contributed by atoms with van der Waals surface area (Å²) >= 11 is 0. The number of aliphatic hydroxyl groups excluding tert-OH is 1. The lowest BCUT2D eigenvalue weighted by Crippen LogP contribution is -2.32. The first-order valence-electron chi connectivity index (χ1n) is 6.57. The minimum absolute atomic E-state index is 0.253. The summed E-state index contributed by atoms with van der Waals surface area (Å²) in [7, 11) is 0. The summed E-state index contributed by atoms with van der Waals surface area (Å²) in [6, 6.07) is 6.13. The van der Waals surface area contributed by atoms with Gasteiger partial charge in [0.05, 0.1) is 0 Å². The van der Waals surface area contributed by atoms with Crippen molar-refractivity contribution in [2.24, 2.45) is 5.92 Å². The molecule has 0 aromatic carbocycles. The molecule has 1 heterocycles. The van der Waals surface area contributed by atoms with E-state index in [9.17, 15) is 0 Å². The number of nitrogens with zero attached hydrogens (tertiary/aromatic N) is 2. The Hall–Kier alpha value is -1.60. The van der Waals surface area contributed by atoms with Crippen LogP contribution in [0.4, 0.5) is 5.69 Å². The molecule has 0 radical (unpaired) electrons. The summed E-state index contributed by atoms with van der Waals surface area (Å²) in [6.07, 6.45) is 7.31. The van der Waals surface area contributed by atoms with E-state index in [4.69, 9.17) is 10.4 Å². The van der Waals surface area contributed by atoms with Gasteiger partial charge in [0.2, 0.25) is 0 Å². The number of rotatable bonds is 4. The predicted octanol–water partition coefficient (Wildman–Crippen LogP) is 2.31.